The number of halogens is 3. The summed E-state index contributed by atoms with van der Waals surface area (Å²) >= 11 is 5.93. The lowest BCUT2D eigenvalue weighted by molar-refractivity contribution is -0.116. The van der Waals surface area contributed by atoms with Crippen LogP contribution in [-0.2, 0) is 14.3 Å². The average Bonchev–Trinajstić information content (AvgIpc) is 3.55. The monoisotopic (exact) mass is 586 g/mol. The summed E-state index contributed by atoms with van der Waals surface area (Å²) in [5.74, 6) is -1.75. The van der Waals surface area contributed by atoms with Crippen molar-refractivity contribution in [2.24, 2.45) is 5.73 Å². The van der Waals surface area contributed by atoms with Gasteiger partial charge in [-0.3, -0.25) is 9.69 Å². The van der Waals surface area contributed by atoms with Crippen molar-refractivity contribution in [3.05, 3.63) is 59.4 Å². The zero-order valence-electron chi connectivity index (χ0n) is 22.0. The third-order valence-corrected chi connectivity index (χ3v) is 7.65. The second-order valence-electron chi connectivity index (χ2n) is 10.5. The van der Waals surface area contributed by atoms with E-state index in [-0.39, 0.29) is 36.1 Å². The molecule has 3 heterocycles. The van der Waals surface area contributed by atoms with Gasteiger partial charge in [0.2, 0.25) is 0 Å². The van der Waals surface area contributed by atoms with E-state index in [4.69, 9.17) is 31.5 Å². The van der Waals surface area contributed by atoms with E-state index in [1.165, 1.54) is 30.6 Å². The summed E-state index contributed by atoms with van der Waals surface area (Å²) in [5.41, 5.74) is 6.99. The number of aromatic nitrogens is 2. The van der Waals surface area contributed by atoms with Crippen LogP contribution in [0.4, 0.5) is 26.0 Å². The van der Waals surface area contributed by atoms with E-state index in [9.17, 15) is 13.6 Å². The Kier molecular flexibility index (Phi) is 7.75. The van der Waals surface area contributed by atoms with Gasteiger partial charge in [0.25, 0.3) is 5.91 Å². The molecule has 3 aliphatic rings. The Morgan fingerprint density at radius 3 is 2.66 bits per heavy atom. The van der Waals surface area contributed by atoms with Gasteiger partial charge in [0, 0.05) is 36.8 Å². The van der Waals surface area contributed by atoms with E-state index in [2.05, 4.69) is 20.6 Å². The summed E-state index contributed by atoms with van der Waals surface area (Å²) in [5, 5.41) is 6.17. The maximum Gasteiger partial charge on any atom is 0.284 e. The van der Waals surface area contributed by atoms with Gasteiger partial charge in [-0.1, -0.05) is 11.6 Å². The normalized spacial score (nSPS) is 21.9. The minimum atomic E-state index is -0.936. The third-order valence-electron chi connectivity index (χ3n) is 7.36. The summed E-state index contributed by atoms with van der Waals surface area (Å²) in [6, 6.07) is 7.40. The molecule has 1 amide bonds. The molecule has 0 bridgehead atoms. The Bertz CT molecular complexity index is 1490. The quantitative estimate of drug-likeness (QED) is 0.320. The van der Waals surface area contributed by atoms with Crippen molar-refractivity contribution in [2.45, 2.75) is 30.6 Å². The predicted molar refractivity (Wildman–Crippen MR) is 150 cm³/mol. The summed E-state index contributed by atoms with van der Waals surface area (Å²) in [6.45, 7) is 2.76. The minimum Gasteiger partial charge on any atom is -0.489 e. The third kappa shape index (κ3) is 6.41. The number of amides is 1. The first-order valence-corrected chi connectivity index (χ1v) is 13.7. The van der Waals surface area contributed by atoms with Crippen LogP contribution in [0.5, 0.6) is 5.75 Å². The highest BCUT2D eigenvalue weighted by atomic mass is 35.5. The minimum absolute atomic E-state index is 0.0420. The first-order chi connectivity index (χ1) is 19.8. The number of carbonyl (C=O) groups is 1. The van der Waals surface area contributed by atoms with Crippen molar-refractivity contribution in [3.63, 3.8) is 0 Å². The molecule has 1 saturated carbocycles. The van der Waals surface area contributed by atoms with E-state index in [0.29, 0.717) is 54.5 Å². The summed E-state index contributed by atoms with van der Waals surface area (Å²) in [7, 11) is 0. The van der Waals surface area contributed by atoms with Crippen LogP contribution in [0.2, 0.25) is 5.02 Å². The zero-order valence-corrected chi connectivity index (χ0v) is 22.8. The first-order valence-electron chi connectivity index (χ1n) is 13.3. The summed E-state index contributed by atoms with van der Waals surface area (Å²) in [6.07, 6.45) is 4.16. The predicted octanol–water partition coefficient (Wildman–Crippen LogP) is 3.93. The van der Waals surface area contributed by atoms with Crippen LogP contribution in [-0.4, -0.2) is 78.0 Å². The van der Waals surface area contributed by atoms with E-state index >= 15 is 0 Å². The Balaban J connectivity index is 1.23. The highest BCUT2D eigenvalue weighted by molar-refractivity contribution is 6.31. The van der Waals surface area contributed by atoms with E-state index < -0.39 is 23.1 Å². The number of ether oxygens (including phenoxy) is 3. The lowest BCUT2D eigenvalue weighted by atomic mass is 10.1. The molecule has 6 rings (SSSR count). The van der Waals surface area contributed by atoms with Gasteiger partial charge in [0.05, 0.1) is 47.2 Å². The van der Waals surface area contributed by atoms with Crippen LogP contribution >= 0.6 is 11.6 Å². The number of nitrogens with one attached hydrogen (secondary N) is 2. The van der Waals surface area contributed by atoms with Crippen molar-refractivity contribution in [1.82, 2.24) is 14.9 Å². The number of anilines is 3. The van der Waals surface area contributed by atoms with Gasteiger partial charge >= 0.3 is 0 Å². The molecule has 2 aromatic carbocycles. The number of rotatable bonds is 9. The molecule has 1 aromatic heterocycles. The molecular weight excluding hydrogens is 558 g/mol. The lowest BCUT2D eigenvalue weighted by Crippen LogP contribution is -2.36. The molecule has 0 unspecified atom stereocenters. The van der Waals surface area contributed by atoms with Gasteiger partial charge < -0.3 is 30.6 Å². The zero-order chi connectivity index (χ0) is 28.6. The molecule has 2 atom stereocenters. The fourth-order valence-corrected chi connectivity index (χ4v) is 4.99. The maximum absolute atomic E-state index is 15.0. The largest absolute Gasteiger partial charge is 0.489 e. The molecule has 3 aromatic rings. The molecule has 4 N–H and O–H groups in total. The van der Waals surface area contributed by atoms with Crippen LogP contribution in [0.25, 0.3) is 10.9 Å². The fourth-order valence-electron chi connectivity index (χ4n) is 4.81. The van der Waals surface area contributed by atoms with Gasteiger partial charge in [0.15, 0.2) is 5.83 Å². The number of nitrogens with two attached hydrogens (primary N) is 1. The highest BCUT2D eigenvalue weighted by Crippen LogP contribution is 2.37. The van der Waals surface area contributed by atoms with Crippen LogP contribution in [0.15, 0.2) is 48.6 Å². The molecule has 10 nitrogen and oxygen atoms in total. The molecule has 3 fully saturated rings. The topological polar surface area (TPSA) is 124 Å². The smallest absolute Gasteiger partial charge is 0.284 e. The van der Waals surface area contributed by atoms with Crippen molar-refractivity contribution in [3.8, 4) is 5.75 Å². The van der Waals surface area contributed by atoms with Crippen LogP contribution in [0, 0.1) is 5.82 Å². The molecule has 13 heteroatoms. The van der Waals surface area contributed by atoms with Gasteiger partial charge in [-0.2, -0.15) is 0 Å². The molecular formula is C28H29ClF2N6O4. The molecule has 0 spiro atoms. The van der Waals surface area contributed by atoms with Gasteiger partial charge in [0.1, 0.15) is 30.3 Å². The van der Waals surface area contributed by atoms with E-state index in [0.717, 1.165) is 12.8 Å². The highest BCUT2D eigenvalue weighted by Gasteiger charge is 2.39. The molecule has 0 radical (unpaired) electrons. The van der Waals surface area contributed by atoms with Crippen molar-refractivity contribution in [2.75, 3.05) is 50.1 Å². The van der Waals surface area contributed by atoms with Crippen LogP contribution in [0.1, 0.15) is 12.8 Å². The lowest BCUT2D eigenvalue weighted by Gasteiger charge is -2.24. The number of benzene rings is 2. The first kappa shape index (κ1) is 27.7. The van der Waals surface area contributed by atoms with Crippen molar-refractivity contribution in [1.29, 1.82) is 0 Å². The van der Waals surface area contributed by atoms with E-state index in [1.807, 2.05) is 4.90 Å². The second kappa shape index (κ2) is 11.5. The van der Waals surface area contributed by atoms with Crippen molar-refractivity contribution < 1.29 is 27.8 Å². The molecule has 1 aliphatic carbocycles. The maximum atomic E-state index is 15.0. The number of carbonyl (C=O) groups excluding carboxylic acids is 1. The fraction of sp³-hybridized carbons (Fsp3) is 0.393. The van der Waals surface area contributed by atoms with Gasteiger partial charge in [-0.25, -0.2) is 18.7 Å². The Labute approximate surface area is 239 Å². The number of hydrogen-bond acceptors (Lipinski definition) is 9. The Morgan fingerprint density at radius 2 is 1.95 bits per heavy atom. The number of fused-ring (bicyclic) bond motifs is 2. The number of likely N-dealkylation sites (tertiary alicyclic amines) is 1. The Morgan fingerprint density at radius 1 is 1.20 bits per heavy atom. The molecule has 2 saturated heterocycles. The van der Waals surface area contributed by atoms with E-state index in [1.54, 1.807) is 12.1 Å². The molecule has 41 heavy (non-hydrogen) atoms. The van der Waals surface area contributed by atoms with Gasteiger partial charge in [-0.15, -0.1) is 0 Å². The number of hydrogen-bond donors (Lipinski definition) is 3. The van der Waals surface area contributed by atoms with Crippen LogP contribution < -0.4 is 21.1 Å². The Hall–Kier alpha value is -3.42. The number of nitrogens with zero attached hydrogens (tertiary/aromatic N) is 3. The average molecular weight is 587 g/mol. The van der Waals surface area contributed by atoms with Crippen LogP contribution in [0.3, 0.4) is 0 Å². The SMILES string of the molecule is NC1(COc2cc3ncnc(Nc4ccc(F)c(Cl)c4)c3cc2NC(=O)/C(F)=C\CN2C[C@@H]3OCCO[C@H]3C2)CC1. The standard InChI is InChI=1S/C28H29ClF2N6O4/c29-18-9-16(1-2-19(18)30)35-26-17-10-22(23(11-21(17)33-15-34-26)41-14-28(32)4-5-28)36-27(38)20(31)3-6-37-12-24-25(13-37)40-8-7-39-24/h1-3,9-11,15,24-25H,4-8,12-14,32H2,(H,36,38)(H,33,34,35)/b20-3+/t24-,25-/m0/s1. The van der Waals surface area contributed by atoms with Gasteiger partial charge in [-0.05, 0) is 43.2 Å². The molecule has 216 valence electrons. The molecule has 2 aliphatic heterocycles. The summed E-state index contributed by atoms with van der Waals surface area (Å²) in [4.78, 5) is 23.5. The van der Waals surface area contributed by atoms with Crippen molar-refractivity contribution >= 4 is 45.6 Å². The summed E-state index contributed by atoms with van der Waals surface area (Å²) < 4.78 is 46.0. The second-order valence-corrected chi connectivity index (χ2v) is 10.9.